The zero-order valence-electron chi connectivity index (χ0n) is 10.8. The van der Waals surface area contributed by atoms with Gasteiger partial charge in [-0.3, -0.25) is 4.98 Å². The molecule has 3 aliphatic rings. The van der Waals surface area contributed by atoms with Crippen molar-refractivity contribution in [1.29, 1.82) is 0 Å². The van der Waals surface area contributed by atoms with Crippen LogP contribution in [0.3, 0.4) is 0 Å². The Morgan fingerprint density at radius 1 is 1.32 bits per heavy atom. The molecular formula is C14H17ClN4. The predicted molar refractivity (Wildman–Crippen MR) is 75.3 cm³/mol. The molecule has 0 aliphatic carbocycles. The van der Waals surface area contributed by atoms with E-state index in [1.165, 1.54) is 31.4 Å². The largest absolute Gasteiger partial charge is 0.322 e. The van der Waals surface area contributed by atoms with Gasteiger partial charge in [-0.25, -0.2) is 4.98 Å². The molecule has 0 aromatic carbocycles. The van der Waals surface area contributed by atoms with E-state index in [0.717, 1.165) is 23.8 Å². The molecule has 0 radical (unpaired) electrons. The molecule has 0 amide bonds. The molecule has 19 heavy (non-hydrogen) atoms. The number of rotatable bonds is 2. The Bertz CT molecular complexity index is 601. The first-order chi connectivity index (χ1) is 9.36. The van der Waals surface area contributed by atoms with E-state index in [9.17, 15) is 0 Å². The summed E-state index contributed by atoms with van der Waals surface area (Å²) in [7, 11) is 0. The van der Waals surface area contributed by atoms with Gasteiger partial charge >= 0.3 is 0 Å². The minimum atomic E-state index is 0.470. The summed E-state index contributed by atoms with van der Waals surface area (Å²) >= 11 is 6.11. The van der Waals surface area contributed by atoms with E-state index in [2.05, 4.69) is 25.5 Å². The minimum Gasteiger partial charge on any atom is -0.322 e. The highest BCUT2D eigenvalue weighted by Crippen LogP contribution is 2.38. The number of aromatic nitrogens is 3. The van der Waals surface area contributed by atoms with Gasteiger partial charge in [0.15, 0.2) is 0 Å². The van der Waals surface area contributed by atoms with Crippen molar-refractivity contribution in [3.05, 3.63) is 24.3 Å². The lowest BCUT2D eigenvalue weighted by Gasteiger charge is -2.45. The van der Waals surface area contributed by atoms with E-state index < -0.39 is 0 Å². The Labute approximate surface area is 117 Å². The van der Waals surface area contributed by atoms with Crippen LogP contribution in [0.1, 0.15) is 24.7 Å². The third-order valence-corrected chi connectivity index (χ3v) is 4.88. The maximum Gasteiger partial charge on any atom is 0.125 e. The van der Waals surface area contributed by atoms with Gasteiger partial charge in [0.05, 0.1) is 23.6 Å². The number of piperidine rings is 3. The summed E-state index contributed by atoms with van der Waals surface area (Å²) in [5.74, 6) is 2.23. The van der Waals surface area contributed by atoms with Crippen LogP contribution in [0.15, 0.2) is 18.5 Å². The lowest BCUT2D eigenvalue weighted by Crippen LogP contribution is -2.48. The van der Waals surface area contributed by atoms with Crippen LogP contribution in [0.2, 0.25) is 0 Å². The number of hydrogen-bond donors (Lipinski definition) is 0. The van der Waals surface area contributed by atoms with Crippen LogP contribution >= 0.6 is 11.6 Å². The van der Waals surface area contributed by atoms with E-state index in [0.29, 0.717) is 11.9 Å². The fraction of sp³-hybridized carbons (Fsp3) is 0.571. The van der Waals surface area contributed by atoms with Crippen molar-refractivity contribution in [2.75, 3.05) is 19.6 Å². The summed E-state index contributed by atoms with van der Waals surface area (Å²) in [6, 6.07) is 2.60. The number of alkyl halides is 1. The molecule has 0 spiro atoms. The zero-order valence-corrected chi connectivity index (χ0v) is 11.6. The number of halogens is 1. The summed E-state index contributed by atoms with van der Waals surface area (Å²) in [5, 5.41) is 0. The van der Waals surface area contributed by atoms with E-state index in [1.54, 1.807) is 0 Å². The summed E-state index contributed by atoms with van der Waals surface area (Å²) < 4.78 is 2.38. The summed E-state index contributed by atoms with van der Waals surface area (Å²) in [6.45, 7) is 3.65. The molecule has 3 fully saturated rings. The number of nitrogens with zero attached hydrogens (tertiary/aromatic N) is 4. The van der Waals surface area contributed by atoms with E-state index in [-0.39, 0.29) is 0 Å². The second-order valence-corrected chi connectivity index (χ2v) is 5.87. The maximum absolute atomic E-state index is 6.11. The SMILES string of the molecule is ClCc1nc2cnccc2n1C1CN2CCC1CC2. The summed E-state index contributed by atoms with van der Waals surface area (Å²) in [6.07, 6.45) is 6.29. The van der Waals surface area contributed by atoms with Gasteiger partial charge in [-0.2, -0.15) is 0 Å². The number of imidazole rings is 1. The van der Waals surface area contributed by atoms with Crippen molar-refractivity contribution >= 4 is 22.6 Å². The monoisotopic (exact) mass is 276 g/mol. The Balaban J connectivity index is 1.85. The van der Waals surface area contributed by atoms with E-state index >= 15 is 0 Å². The highest BCUT2D eigenvalue weighted by molar-refractivity contribution is 6.16. The summed E-state index contributed by atoms with van der Waals surface area (Å²) in [4.78, 5) is 11.4. The molecule has 5 heteroatoms. The Hall–Kier alpha value is -1.13. The molecule has 100 valence electrons. The van der Waals surface area contributed by atoms with Crippen LogP contribution in [-0.4, -0.2) is 39.1 Å². The average molecular weight is 277 g/mol. The predicted octanol–water partition coefficient (Wildman–Crippen LogP) is 2.44. The van der Waals surface area contributed by atoms with Crippen LogP contribution in [-0.2, 0) is 5.88 Å². The van der Waals surface area contributed by atoms with Crippen molar-refractivity contribution in [2.45, 2.75) is 24.8 Å². The van der Waals surface area contributed by atoms with Gasteiger partial charge in [0, 0.05) is 12.7 Å². The molecule has 4 nitrogen and oxygen atoms in total. The standard InChI is InChI=1S/C14H17ClN4/c15-7-14-17-11-8-16-4-1-12(11)19(14)13-9-18-5-2-10(13)3-6-18/h1,4,8,10,13H,2-3,5-7,9H2. The summed E-state index contributed by atoms with van der Waals surface area (Å²) in [5.41, 5.74) is 2.15. The van der Waals surface area contributed by atoms with Crippen molar-refractivity contribution in [1.82, 2.24) is 19.4 Å². The average Bonchev–Trinajstić information content (AvgIpc) is 2.86. The fourth-order valence-electron chi connectivity index (χ4n) is 3.69. The van der Waals surface area contributed by atoms with Gasteiger partial charge in [0.1, 0.15) is 11.3 Å². The number of pyridine rings is 1. The minimum absolute atomic E-state index is 0.470. The zero-order chi connectivity index (χ0) is 12.8. The molecule has 1 atom stereocenters. The smallest absolute Gasteiger partial charge is 0.125 e. The van der Waals surface area contributed by atoms with E-state index in [1.807, 2.05) is 12.4 Å². The second kappa shape index (κ2) is 4.46. The first-order valence-corrected chi connectivity index (χ1v) is 7.49. The quantitative estimate of drug-likeness (QED) is 0.790. The highest BCUT2D eigenvalue weighted by Gasteiger charge is 2.36. The number of fused-ring (bicyclic) bond motifs is 4. The van der Waals surface area contributed by atoms with Crippen molar-refractivity contribution in [3.8, 4) is 0 Å². The topological polar surface area (TPSA) is 34.0 Å². The lowest BCUT2D eigenvalue weighted by atomic mass is 9.83. The Kier molecular flexibility index (Phi) is 2.74. The Morgan fingerprint density at radius 2 is 2.16 bits per heavy atom. The van der Waals surface area contributed by atoms with Crippen LogP contribution in [0.25, 0.3) is 11.0 Å². The molecule has 2 bridgehead atoms. The molecule has 2 aromatic rings. The van der Waals surface area contributed by atoms with Gasteiger partial charge in [0.2, 0.25) is 0 Å². The van der Waals surface area contributed by atoms with E-state index in [4.69, 9.17) is 11.6 Å². The van der Waals surface area contributed by atoms with Crippen molar-refractivity contribution < 1.29 is 0 Å². The molecule has 3 saturated heterocycles. The van der Waals surface area contributed by atoms with Crippen LogP contribution in [0.4, 0.5) is 0 Å². The van der Waals surface area contributed by atoms with Gasteiger partial charge < -0.3 is 9.47 Å². The van der Waals surface area contributed by atoms with Crippen LogP contribution in [0.5, 0.6) is 0 Å². The van der Waals surface area contributed by atoms with Gasteiger partial charge in [0.25, 0.3) is 0 Å². The molecule has 3 aliphatic heterocycles. The number of hydrogen-bond acceptors (Lipinski definition) is 3. The van der Waals surface area contributed by atoms with Gasteiger partial charge in [-0.15, -0.1) is 11.6 Å². The highest BCUT2D eigenvalue weighted by atomic mass is 35.5. The first-order valence-electron chi connectivity index (χ1n) is 6.96. The normalized spacial score (nSPS) is 30.1. The molecule has 2 aromatic heterocycles. The van der Waals surface area contributed by atoms with Crippen LogP contribution in [0, 0.1) is 5.92 Å². The first kappa shape index (κ1) is 11.7. The lowest BCUT2D eigenvalue weighted by molar-refractivity contribution is 0.0578. The molecule has 5 rings (SSSR count). The molecule has 1 unspecified atom stereocenters. The van der Waals surface area contributed by atoms with Crippen molar-refractivity contribution in [2.24, 2.45) is 5.92 Å². The van der Waals surface area contributed by atoms with Crippen molar-refractivity contribution in [3.63, 3.8) is 0 Å². The van der Waals surface area contributed by atoms with Gasteiger partial charge in [-0.05, 0) is 37.9 Å². The van der Waals surface area contributed by atoms with Gasteiger partial charge in [-0.1, -0.05) is 0 Å². The third kappa shape index (κ3) is 1.77. The maximum atomic E-state index is 6.11. The van der Waals surface area contributed by atoms with Crippen LogP contribution < -0.4 is 0 Å². The molecule has 5 heterocycles. The fourth-order valence-corrected chi connectivity index (χ4v) is 3.88. The molecule has 0 saturated carbocycles. The molecule has 0 N–H and O–H groups in total. The molecular weight excluding hydrogens is 260 g/mol. The Morgan fingerprint density at radius 3 is 2.84 bits per heavy atom. The second-order valence-electron chi connectivity index (χ2n) is 5.60. The third-order valence-electron chi connectivity index (χ3n) is 4.64.